The van der Waals surface area contributed by atoms with Crippen LogP contribution in [0.3, 0.4) is 0 Å². The largest absolute Gasteiger partial charge is 0.493 e. The van der Waals surface area contributed by atoms with Crippen LogP contribution in [0.2, 0.25) is 0 Å². The van der Waals surface area contributed by atoms with Gasteiger partial charge in [0, 0.05) is 23.0 Å². The molecule has 0 saturated heterocycles. The summed E-state index contributed by atoms with van der Waals surface area (Å²) < 4.78 is 24.0. The maximum Gasteiger partial charge on any atom is 0.311 e. The molecule has 6 heteroatoms. The quantitative estimate of drug-likeness (QED) is 0.613. The first-order valence-corrected chi connectivity index (χ1v) is 9.51. The number of para-hydroxylation sites is 1. The van der Waals surface area contributed by atoms with Crippen LogP contribution in [0.1, 0.15) is 22.9 Å². The van der Waals surface area contributed by atoms with E-state index in [4.69, 9.17) is 18.9 Å². The molecule has 1 aliphatic rings. The van der Waals surface area contributed by atoms with Crippen LogP contribution in [-0.2, 0) is 16.0 Å². The van der Waals surface area contributed by atoms with E-state index >= 15 is 0 Å². The molecule has 0 amide bonds. The fraction of sp³-hybridized carbons (Fsp3) is 0.348. The molecule has 0 fully saturated rings. The number of aromatic nitrogens is 1. The van der Waals surface area contributed by atoms with Gasteiger partial charge in [0.05, 0.1) is 40.4 Å². The van der Waals surface area contributed by atoms with Crippen LogP contribution in [0.15, 0.2) is 36.4 Å². The normalized spacial score (nSPS) is 17.8. The predicted molar refractivity (Wildman–Crippen MR) is 110 cm³/mol. The van der Waals surface area contributed by atoms with Crippen LogP contribution in [0.25, 0.3) is 10.9 Å². The van der Waals surface area contributed by atoms with Gasteiger partial charge in [-0.05, 0) is 36.2 Å². The molecule has 0 radical (unpaired) electrons. The molecule has 29 heavy (non-hydrogen) atoms. The molecule has 2 aromatic carbocycles. The van der Waals surface area contributed by atoms with E-state index in [0.717, 1.165) is 16.8 Å². The van der Waals surface area contributed by atoms with E-state index in [0.29, 0.717) is 23.7 Å². The van der Waals surface area contributed by atoms with Gasteiger partial charge in [0.1, 0.15) is 0 Å². The van der Waals surface area contributed by atoms with Gasteiger partial charge in [0.25, 0.3) is 0 Å². The Balaban J connectivity index is 1.98. The van der Waals surface area contributed by atoms with Crippen LogP contribution in [-0.4, -0.2) is 39.0 Å². The van der Waals surface area contributed by atoms with Crippen molar-refractivity contribution in [3.8, 4) is 17.2 Å². The van der Waals surface area contributed by atoms with E-state index < -0.39 is 0 Å². The van der Waals surface area contributed by atoms with Crippen molar-refractivity contribution in [2.75, 3.05) is 28.4 Å². The van der Waals surface area contributed by atoms with Gasteiger partial charge in [-0.2, -0.15) is 0 Å². The van der Waals surface area contributed by atoms with E-state index in [9.17, 15) is 4.79 Å². The van der Waals surface area contributed by atoms with Crippen molar-refractivity contribution in [1.29, 1.82) is 0 Å². The molecule has 0 spiro atoms. The zero-order valence-electron chi connectivity index (χ0n) is 17.3. The molecular formula is C23H25NO5. The van der Waals surface area contributed by atoms with Crippen molar-refractivity contribution >= 4 is 16.9 Å². The molecule has 3 aromatic rings. The zero-order chi connectivity index (χ0) is 20.7. The molecule has 0 aliphatic carbocycles. The van der Waals surface area contributed by atoms with Gasteiger partial charge in [-0.25, -0.2) is 0 Å². The fourth-order valence-electron chi connectivity index (χ4n) is 4.57. The van der Waals surface area contributed by atoms with Crippen LogP contribution in [0, 0.1) is 12.8 Å². The Labute approximate surface area is 169 Å². The number of aryl methyl sites for hydroxylation is 1. The minimum Gasteiger partial charge on any atom is -0.493 e. The molecule has 0 unspecified atom stereocenters. The molecule has 0 N–H and O–H groups in total. The number of carbonyl (C=O) groups excluding carboxylic acids is 1. The average Bonchev–Trinajstić information content (AvgIpc) is 3.28. The first-order chi connectivity index (χ1) is 14.0. The van der Waals surface area contributed by atoms with Gasteiger partial charge in [-0.1, -0.05) is 18.2 Å². The van der Waals surface area contributed by atoms with E-state index in [1.54, 1.807) is 21.3 Å². The van der Waals surface area contributed by atoms with Crippen molar-refractivity contribution < 1.29 is 23.7 Å². The van der Waals surface area contributed by atoms with Crippen LogP contribution in [0.5, 0.6) is 17.2 Å². The Morgan fingerprint density at radius 3 is 2.24 bits per heavy atom. The Morgan fingerprint density at radius 2 is 1.66 bits per heavy atom. The Morgan fingerprint density at radius 1 is 1.00 bits per heavy atom. The van der Waals surface area contributed by atoms with Gasteiger partial charge in [0.15, 0.2) is 11.5 Å². The lowest BCUT2D eigenvalue weighted by atomic mass is 9.91. The Kier molecular flexibility index (Phi) is 4.86. The number of hydrogen-bond acceptors (Lipinski definition) is 5. The lowest BCUT2D eigenvalue weighted by molar-refractivity contribution is -0.145. The first kappa shape index (κ1) is 19.2. The number of fused-ring (bicyclic) bond motifs is 3. The number of esters is 1. The van der Waals surface area contributed by atoms with Gasteiger partial charge in [-0.3, -0.25) is 4.79 Å². The summed E-state index contributed by atoms with van der Waals surface area (Å²) >= 11 is 0. The van der Waals surface area contributed by atoms with Crippen LogP contribution >= 0.6 is 0 Å². The summed E-state index contributed by atoms with van der Waals surface area (Å²) in [7, 11) is 6.20. The summed E-state index contributed by atoms with van der Waals surface area (Å²) in [6.07, 6.45) is 0.620. The fourth-order valence-corrected chi connectivity index (χ4v) is 4.57. The number of carbonyl (C=O) groups is 1. The minimum atomic E-state index is -0.332. The molecule has 0 saturated carbocycles. The molecule has 2 atom stereocenters. The smallest absolute Gasteiger partial charge is 0.311 e. The molecule has 2 heterocycles. The Hall–Kier alpha value is -3.15. The Bertz CT molecular complexity index is 1060. The molecule has 4 rings (SSSR count). The molecular weight excluding hydrogens is 370 g/mol. The number of rotatable bonds is 5. The second kappa shape index (κ2) is 7.35. The van der Waals surface area contributed by atoms with E-state index in [2.05, 4.69) is 23.6 Å². The second-order valence-corrected chi connectivity index (χ2v) is 7.20. The SMILES string of the molecule is COC(=O)[C@@H]1Cc2c(C)c3ccccc3n2[C@H]1c1cc(OC)c(OC)c(OC)c1. The van der Waals surface area contributed by atoms with Crippen molar-refractivity contribution in [2.45, 2.75) is 19.4 Å². The number of nitrogens with zero attached hydrogens (tertiary/aromatic N) is 1. The molecule has 1 aliphatic heterocycles. The highest BCUT2D eigenvalue weighted by Gasteiger charge is 2.41. The van der Waals surface area contributed by atoms with Gasteiger partial charge < -0.3 is 23.5 Å². The topological polar surface area (TPSA) is 58.9 Å². The third kappa shape index (κ3) is 2.82. The van der Waals surface area contributed by atoms with Gasteiger partial charge in [-0.15, -0.1) is 0 Å². The van der Waals surface area contributed by atoms with Gasteiger partial charge >= 0.3 is 5.97 Å². The summed E-state index contributed by atoms with van der Waals surface area (Å²) in [4.78, 5) is 12.7. The third-order valence-corrected chi connectivity index (χ3v) is 5.90. The lowest BCUT2D eigenvalue weighted by Crippen LogP contribution is -2.24. The second-order valence-electron chi connectivity index (χ2n) is 7.20. The summed E-state index contributed by atoms with van der Waals surface area (Å²) in [6, 6.07) is 11.9. The van der Waals surface area contributed by atoms with Crippen molar-refractivity contribution in [3.63, 3.8) is 0 Å². The standard InChI is InChI=1S/C23H25NO5/c1-13-15-8-6-7-9-17(15)24-18(13)12-16(23(25)29-5)21(24)14-10-19(26-2)22(28-4)20(11-14)27-3/h6-11,16,21H,12H2,1-5H3/t16-,21+/m1/s1. The highest BCUT2D eigenvalue weighted by Crippen LogP contribution is 2.47. The first-order valence-electron chi connectivity index (χ1n) is 9.51. The molecule has 152 valence electrons. The zero-order valence-corrected chi connectivity index (χ0v) is 17.3. The average molecular weight is 395 g/mol. The minimum absolute atomic E-state index is 0.226. The highest BCUT2D eigenvalue weighted by molar-refractivity contribution is 5.87. The summed E-state index contributed by atoms with van der Waals surface area (Å²) in [5, 5.41) is 1.20. The summed E-state index contributed by atoms with van der Waals surface area (Å²) in [6.45, 7) is 2.11. The van der Waals surface area contributed by atoms with Gasteiger partial charge in [0.2, 0.25) is 5.75 Å². The number of ether oxygens (including phenoxy) is 4. The number of benzene rings is 2. The maximum atomic E-state index is 12.7. The van der Waals surface area contributed by atoms with Crippen LogP contribution in [0.4, 0.5) is 0 Å². The highest BCUT2D eigenvalue weighted by atomic mass is 16.5. The number of methoxy groups -OCH3 is 4. The van der Waals surface area contributed by atoms with Crippen molar-refractivity contribution in [2.24, 2.45) is 5.92 Å². The molecule has 1 aromatic heterocycles. The molecule has 0 bridgehead atoms. The maximum absolute atomic E-state index is 12.7. The van der Waals surface area contributed by atoms with Crippen molar-refractivity contribution in [1.82, 2.24) is 4.57 Å². The molecule has 6 nitrogen and oxygen atoms in total. The van der Waals surface area contributed by atoms with Crippen LogP contribution < -0.4 is 14.2 Å². The number of hydrogen-bond donors (Lipinski definition) is 0. The van der Waals surface area contributed by atoms with E-state index in [1.807, 2.05) is 24.3 Å². The predicted octanol–water partition coefficient (Wildman–Crippen LogP) is 3.91. The van der Waals surface area contributed by atoms with E-state index in [-0.39, 0.29) is 17.9 Å². The van der Waals surface area contributed by atoms with E-state index in [1.165, 1.54) is 18.1 Å². The third-order valence-electron chi connectivity index (χ3n) is 5.90. The lowest BCUT2D eigenvalue weighted by Gasteiger charge is -2.23. The van der Waals surface area contributed by atoms with Crippen molar-refractivity contribution in [3.05, 3.63) is 53.2 Å². The monoisotopic (exact) mass is 395 g/mol. The summed E-state index contributed by atoms with van der Waals surface area (Å²) in [5.41, 5.74) is 4.37. The summed E-state index contributed by atoms with van der Waals surface area (Å²) in [5.74, 6) is 1.09.